The molecule has 2 aromatic carbocycles. The minimum Gasteiger partial charge on any atom is -0.327 e. The van der Waals surface area contributed by atoms with Crippen LogP contribution in [-0.2, 0) is 4.79 Å². The van der Waals surface area contributed by atoms with E-state index in [0.29, 0.717) is 18.5 Å². The predicted molar refractivity (Wildman–Crippen MR) is 90.3 cm³/mol. The Hall–Kier alpha value is -2.62. The number of anilines is 1. The van der Waals surface area contributed by atoms with E-state index in [1.54, 1.807) is 17.0 Å². The number of nitrogens with one attached hydrogen (secondary N) is 1. The Bertz CT molecular complexity index is 695. The summed E-state index contributed by atoms with van der Waals surface area (Å²) in [5.41, 5.74) is 2.53. The van der Waals surface area contributed by atoms with E-state index in [9.17, 15) is 9.59 Å². The highest BCUT2D eigenvalue weighted by atomic mass is 16.2. The third-order valence-electron chi connectivity index (χ3n) is 4.16. The summed E-state index contributed by atoms with van der Waals surface area (Å²) in [6.07, 6.45) is 1.56. The van der Waals surface area contributed by atoms with Crippen molar-refractivity contribution in [3.63, 3.8) is 0 Å². The highest BCUT2D eigenvalue weighted by molar-refractivity contribution is 6.01. The summed E-state index contributed by atoms with van der Waals surface area (Å²) in [6.45, 7) is 2.63. The Morgan fingerprint density at radius 1 is 1.04 bits per heavy atom. The van der Waals surface area contributed by atoms with Crippen LogP contribution in [0, 0.1) is 6.92 Å². The monoisotopic (exact) mass is 308 g/mol. The zero-order valence-corrected chi connectivity index (χ0v) is 13.2. The van der Waals surface area contributed by atoms with Gasteiger partial charge in [-0.15, -0.1) is 0 Å². The third kappa shape index (κ3) is 3.42. The van der Waals surface area contributed by atoms with Crippen LogP contribution >= 0.6 is 0 Å². The Morgan fingerprint density at radius 3 is 2.43 bits per heavy atom. The van der Waals surface area contributed by atoms with Gasteiger partial charge in [0.15, 0.2) is 0 Å². The molecular formula is C19H20N2O2. The molecule has 0 bridgehead atoms. The van der Waals surface area contributed by atoms with Crippen molar-refractivity contribution in [1.29, 1.82) is 0 Å². The predicted octanol–water partition coefficient (Wildman–Crippen LogP) is 3.24. The van der Waals surface area contributed by atoms with Crippen molar-refractivity contribution in [3.05, 3.63) is 65.7 Å². The van der Waals surface area contributed by atoms with Gasteiger partial charge in [-0.05, 0) is 44.0 Å². The molecule has 1 atom stereocenters. The minimum atomic E-state index is -0.399. The number of carbonyl (C=O) groups excluding carboxylic acids is 2. The number of hydrogen-bond donors (Lipinski definition) is 1. The topological polar surface area (TPSA) is 49.4 Å². The second kappa shape index (κ2) is 6.65. The number of aryl methyl sites for hydroxylation is 1. The van der Waals surface area contributed by atoms with Crippen LogP contribution in [0.5, 0.6) is 0 Å². The second-order valence-corrected chi connectivity index (χ2v) is 5.88. The smallest absolute Gasteiger partial charge is 0.254 e. The van der Waals surface area contributed by atoms with Gasteiger partial charge in [0.05, 0.1) is 0 Å². The number of amides is 2. The molecule has 2 amide bonds. The van der Waals surface area contributed by atoms with Gasteiger partial charge in [-0.2, -0.15) is 0 Å². The molecule has 4 heteroatoms. The van der Waals surface area contributed by atoms with E-state index in [2.05, 4.69) is 5.32 Å². The van der Waals surface area contributed by atoms with Crippen LogP contribution < -0.4 is 5.32 Å². The molecule has 1 fully saturated rings. The summed E-state index contributed by atoms with van der Waals surface area (Å²) in [6, 6.07) is 16.4. The maximum atomic E-state index is 12.6. The first-order chi connectivity index (χ1) is 11.1. The summed E-state index contributed by atoms with van der Waals surface area (Å²) in [4.78, 5) is 26.8. The molecule has 0 unspecified atom stereocenters. The molecule has 0 radical (unpaired) electrons. The van der Waals surface area contributed by atoms with Crippen molar-refractivity contribution in [1.82, 2.24) is 4.90 Å². The molecule has 23 heavy (non-hydrogen) atoms. The molecule has 2 aromatic rings. The maximum Gasteiger partial charge on any atom is 0.254 e. The van der Waals surface area contributed by atoms with Crippen molar-refractivity contribution in [2.45, 2.75) is 25.8 Å². The van der Waals surface area contributed by atoms with E-state index in [4.69, 9.17) is 0 Å². The van der Waals surface area contributed by atoms with Crippen LogP contribution in [0.4, 0.5) is 5.69 Å². The fourth-order valence-corrected chi connectivity index (χ4v) is 2.89. The quantitative estimate of drug-likeness (QED) is 0.946. The SMILES string of the molecule is Cc1ccc(NC(=O)[C@H]2CCCN2C(=O)c2ccccc2)cc1. The molecule has 0 spiro atoms. The first-order valence-corrected chi connectivity index (χ1v) is 7.89. The molecule has 1 aliphatic rings. The zero-order valence-electron chi connectivity index (χ0n) is 13.2. The van der Waals surface area contributed by atoms with Gasteiger partial charge < -0.3 is 10.2 Å². The van der Waals surface area contributed by atoms with Gasteiger partial charge in [-0.25, -0.2) is 0 Å². The summed E-state index contributed by atoms with van der Waals surface area (Å²) in [7, 11) is 0. The molecule has 4 nitrogen and oxygen atoms in total. The van der Waals surface area contributed by atoms with E-state index < -0.39 is 6.04 Å². The first kappa shape index (κ1) is 15.3. The van der Waals surface area contributed by atoms with E-state index in [1.807, 2.05) is 49.4 Å². The lowest BCUT2D eigenvalue weighted by atomic mass is 10.1. The fraction of sp³-hybridized carbons (Fsp3) is 0.263. The summed E-state index contributed by atoms with van der Waals surface area (Å²) < 4.78 is 0. The normalized spacial score (nSPS) is 17.1. The highest BCUT2D eigenvalue weighted by Crippen LogP contribution is 2.22. The summed E-state index contributed by atoms with van der Waals surface area (Å²) in [5, 5.41) is 2.91. The fourth-order valence-electron chi connectivity index (χ4n) is 2.89. The van der Waals surface area contributed by atoms with Crippen LogP contribution in [0.25, 0.3) is 0 Å². The largest absolute Gasteiger partial charge is 0.327 e. The zero-order chi connectivity index (χ0) is 16.2. The van der Waals surface area contributed by atoms with Gasteiger partial charge >= 0.3 is 0 Å². The molecule has 0 aromatic heterocycles. The number of nitrogens with zero attached hydrogens (tertiary/aromatic N) is 1. The van der Waals surface area contributed by atoms with Crippen molar-refractivity contribution in [2.24, 2.45) is 0 Å². The van der Waals surface area contributed by atoms with Crippen molar-refractivity contribution in [2.75, 3.05) is 11.9 Å². The van der Waals surface area contributed by atoms with Crippen LogP contribution in [0.2, 0.25) is 0 Å². The molecule has 0 aliphatic carbocycles. The standard InChI is InChI=1S/C19H20N2O2/c1-14-9-11-16(12-10-14)20-18(22)17-8-5-13-21(17)19(23)15-6-3-2-4-7-15/h2-4,6-7,9-12,17H,5,8,13H2,1H3,(H,20,22)/t17-/m1/s1. The van der Waals surface area contributed by atoms with Crippen LogP contribution in [0.15, 0.2) is 54.6 Å². The van der Waals surface area contributed by atoms with Gasteiger partial charge in [0, 0.05) is 17.8 Å². The molecule has 1 aliphatic heterocycles. The number of carbonyl (C=O) groups is 2. The summed E-state index contributed by atoms with van der Waals surface area (Å²) in [5.74, 6) is -0.192. The Morgan fingerprint density at radius 2 is 1.74 bits per heavy atom. The second-order valence-electron chi connectivity index (χ2n) is 5.88. The molecule has 1 saturated heterocycles. The molecule has 0 saturated carbocycles. The molecular weight excluding hydrogens is 288 g/mol. The van der Waals surface area contributed by atoms with E-state index in [0.717, 1.165) is 17.7 Å². The van der Waals surface area contributed by atoms with E-state index in [1.165, 1.54) is 0 Å². The van der Waals surface area contributed by atoms with Crippen molar-refractivity contribution >= 4 is 17.5 Å². The lowest BCUT2D eigenvalue weighted by Gasteiger charge is -2.24. The Kier molecular flexibility index (Phi) is 4.42. The minimum absolute atomic E-state index is 0.0767. The van der Waals surface area contributed by atoms with Gasteiger partial charge in [-0.3, -0.25) is 9.59 Å². The maximum absolute atomic E-state index is 12.6. The summed E-state index contributed by atoms with van der Waals surface area (Å²) >= 11 is 0. The van der Waals surface area contributed by atoms with E-state index >= 15 is 0 Å². The van der Waals surface area contributed by atoms with Crippen LogP contribution in [0.3, 0.4) is 0 Å². The lowest BCUT2D eigenvalue weighted by Crippen LogP contribution is -2.43. The van der Waals surface area contributed by atoms with Crippen molar-refractivity contribution in [3.8, 4) is 0 Å². The first-order valence-electron chi connectivity index (χ1n) is 7.89. The lowest BCUT2D eigenvalue weighted by molar-refractivity contribution is -0.119. The van der Waals surface area contributed by atoms with Crippen molar-refractivity contribution < 1.29 is 9.59 Å². The number of benzene rings is 2. The van der Waals surface area contributed by atoms with Gasteiger partial charge in [-0.1, -0.05) is 35.9 Å². The number of hydrogen-bond acceptors (Lipinski definition) is 2. The van der Waals surface area contributed by atoms with E-state index in [-0.39, 0.29) is 11.8 Å². The van der Waals surface area contributed by atoms with Gasteiger partial charge in [0.25, 0.3) is 5.91 Å². The van der Waals surface area contributed by atoms with Gasteiger partial charge in [0.2, 0.25) is 5.91 Å². The Balaban J connectivity index is 1.72. The molecule has 1 N–H and O–H groups in total. The molecule has 118 valence electrons. The Labute approximate surface area is 136 Å². The molecule has 3 rings (SSSR count). The highest BCUT2D eigenvalue weighted by Gasteiger charge is 2.34. The third-order valence-corrected chi connectivity index (χ3v) is 4.16. The molecule has 1 heterocycles. The average Bonchev–Trinajstić information content (AvgIpc) is 3.07. The van der Waals surface area contributed by atoms with Gasteiger partial charge in [0.1, 0.15) is 6.04 Å². The number of likely N-dealkylation sites (tertiary alicyclic amines) is 1. The van der Waals surface area contributed by atoms with Crippen LogP contribution in [0.1, 0.15) is 28.8 Å². The number of rotatable bonds is 3. The van der Waals surface area contributed by atoms with Crippen LogP contribution in [-0.4, -0.2) is 29.3 Å². The average molecular weight is 308 g/mol.